The van der Waals surface area contributed by atoms with Crippen molar-refractivity contribution in [1.82, 2.24) is 9.88 Å². The summed E-state index contributed by atoms with van der Waals surface area (Å²) in [6.07, 6.45) is 4.90. The first-order chi connectivity index (χ1) is 15.9. The van der Waals surface area contributed by atoms with Crippen LogP contribution in [0.5, 0.6) is 0 Å². The third kappa shape index (κ3) is 4.43. The number of allylic oxidation sites excluding steroid dienone is 1. The summed E-state index contributed by atoms with van der Waals surface area (Å²) in [4.78, 5) is 9.55. The maximum atomic E-state index is 6.30. The number of benzene rings is 2. The van der Waals surface area contributed by atoms with Crippen LogP contribution in [0, 0.1) is 13.8 Å². The molecule has 0 radical (unpaired) electrons. The first kappa shape index (κ1) is 21.8. The van der Waals surface area contributed by atoms with Gasteiger partial charge in [0.15, 0.2) is 0 Å². The maximum absolute atomic E-state index is 6.30. The Labute approximate surface area is 202 Å². The molecule has 0 saturated heterocycles. The van der Waals surface area contributed by atoms with Gasteiger partial charge in [0.25, 0.3) is 0 Å². The second-order valence-electron chi connectivity index (χ2n) is 9.39. The zero-order chi connectivity index (χ0) is 23.1. The zero-order valence-electron chi connectivity index (χ0n) is 19.5. The molecule has 0 fully saturated rings. The largest absolute Gasteiger partial charge is 0.369 e. The van der Waals surface area contributed by atoms with Crippen molar-refractivity contribution < 1.29 is 0 Å². The minimum absolute atomic E-state index is 0.718. The summed E-state index contributed by atoms with van der Waals surface area (Å²) in [7, 11) is 0. The molecule has 0 bridgehead atoms. The summed E-state index contributed by atoms with van der Waals surface area (Å²) < 4.78 is 0. The molecule has 2 aromatic carbocycles. The van der Waals surface area contributed by atoms with E-state index in [-0.39, 0.29) is 0 Å². The highest BCUT2D eigenvalue weighted by atomic mass is 35.5. The number of hydrogen-bond acceptors (Lipinski definition) is 3. The molecule has 0 aliphatic carbocycles. The van der Waals surface area contributed by atoms with Gasteiger partial charge in [-0.2, -0.15) is 0 Å². The molecular formula is C29H30ClN3. The molecule has 2 aliphatic rings. The fourth-order valence-corrected chi connectivity index (χ4v) is 5.27. The number of fused-ring (bicyclic) bond motifs is 2. The van der Waals surface area contributed by atoms with E-state index in [1.165, 1.54) is 22.3 Å². The minimum atomic E-state index is 0.718. The first-order valence-electron chi connectivity index (χ1n) is 11.6. The van der Waals surface area contributed by atoms with Crippen LogP contribution in [0.25, 0.3) is 11.1 Å². The highest BCUT2D eigenvalue weighted by Crippen LogP contribution is 2.35. The number of aromatic nitrogens is 1. The molecule has 2 aliphatic heterocycles. The van der Waals surface area contributed by atoms with E-state index in [4.69, 9.17) is 16.6 Å². The third-order valence-corrected chi connectivity index (χ3v) is 7.02. The molecule has 0 saturated carbocycles. The molecule has 0 amide bonds. The van der Waals surface area contributed by atoms with E-state index >= 15 is 0 Å². The number of nitrogens with zero attached hydrogens (tertiary/aromatic N) is 3. The average Bonchev–Trinajstić information content (AvgIpc) is 2.79. The fourth-order valence-electron chi connectivity index (χ4n) is 4.98. The average molecular weight is 456 g/mol. The molecule has 1 aromatic heterocycles. The number of rotatable bonds is 4. The quantitative estimate of drug-likeness (QED) is 0.428. The van der Waals surface area contributed by atoms with Crippen molar-refractivity contribution in [2.45, 2.75) is 39.7 Å². The van der Waals surface area contributed by atoms with Gasteiger partial charge in [-0.15, -0.1) is 0 Å². The molecule has 3 nitrogen and oxygen atoms in total. The van der Waals surface area contributed by atoms with E-state index in [1.807, 2.05) is 18.3 Å². The predicted molar refractivity (Wildman–Crippen MR) is 139 cm³/mol. The second-order valence-corrected chi connectivity index (χ2v) is 9.82. The zero-order valence-corrected chi connectivity index (χ0v) is 20.3. The summed E-state index contributed by atoms with van der Waals surface area (Å²) >= 11 is 6.30. The number of aryl methyl sites for hydroxylation is 3. The van der Waals surface area contributed by atoms with Gasteiger partial charge < -0.3 is 9.80 Å². The van der Waals surface area contributed by atoms with Gasteiger partial charge in [0.1, 0.15) is 5.82 Å². The van der Waals surface area contributed by atoms with Crippen LogP contribution in [0.3, 0.4) is 0 Å². The monoisotopic (exact) mass is 455 g/mol. The molecule has 0 N–H and O–H groups in total. The van der Waals surface area contributed by atoms with Crippen LogP contribution in [0.1, 0.15) is 34.2 Å². The Morgan fingerprint density at radius 1 is 0.939 bits per heavy atom. The molecular weight excluding hydrogens is 426 g/mol. The molecule has 0 unspecified atom stereocenters. The van der Waals surface area contributed by atoms with Gasteiger partial charge in [0.05, 0.1) is 6.54 Å². The maximum Gasteiger partial charge on any atom is 0.136 e. The Hall–Kier alpha value is -3.04. The lowest BCUT2D eigenvalue weighted by Crippen LogP contribution is -2.37. The highest BCUT2D eigenvalue weighted by molar-refractivity contribution is 6.31. The standard InChI is InChI=1S/C29H30ClN3/c1-19-5-7-25-18-32(10-9-23(25)11-19)22(4)17-33-21(3)6-8-24-14-27(16-31-29(24)33)26-12-20(2)13-28(30)15-26/h5,7,11-16H,3-4,6,8-10,17-18H2,1-2H3. The molecule has 5 rings (SSSR count). The Morgan fingerprint density at radius 2 is 1.79 bits per heavy atom. The lowest BCUT2D eigenvalue weighted by atomic mass is 9.97. The number of pyridine rings is 1. The van der Waals surface area contributed by atoms with Crippen LogP contribution in [-0.4, -0.2) is 23.0 Å². The number of anilines is 1. The SMILES string of the molecule is C=C(CN1C(=C)CCc2cc(-c3cc(C)cc(Cl)c3)cnc21)N1CCc2cc(C)ccc2C1. The van der Waals surface area contributed by atoms with Gasteiger partial charge >= 0.3 is 0 Å². The van der Waals surface area contributed by atoms with Crippen molar-refractivity contribution in [2.75, 3.05) is 18.0 Å². The topological polar surface area (TPSA) is 19.4 Å². The van der Waals surface area contributed by atoms with Gasteiger partial charge in [-0.05, 0) is 79.1 Å². The molecule has 0 atom stereocenters. The van der Waals surface area contributed by atoms with E-state index in [0.717, 1.165) is 77.8 Å². The van der Waals surface area contributed by atoms with Crippen molar-refractivity contribution in [3.8, 4) is 11.1 Å². The van der Waals surface area contributed by atoms with Crippen molar-refractivity contribution >= 4 is 17.4 Å². The van der Waals surface area contributed by atoms with Gasteiger partial charge in [0, 0.05) is 41.3 Å². The van der Waals surface area contributed by atoms with Crippen LogP contribution in [0.4, 0.5) is 5.82 Å². The lowest BCUT2D eigenvalue weighted by Gasteiger charge is -2.37. The van der Waals surface area contributed by atoms with Crippen LogP contribution in [0.15, 0.2) is 73.2 Å². The van der Waals surface area contributed by atoms with Crippen LogP contribution in [-0.2, 0) is 19.4 Å². The Balaban J connectivity index is 1.37. The minimum Gasteiger partial charge on any atom is -0.369 e. The summed E-state index contributed by atoms with van der Waals surface area (Å²) in [5.41, 5.74) is 11.1. The summed E-state index contributed by atoms with van der Waals surface area (Å²) in [6.45, 7) is 15.7. The first-order valence-corrected chi connectivity index (χ1v) is 12.0. The molecule has 3 heterocycles. The van der Waals surface area contributed by atoms with Crippen LogP contribution in [0.2, 0.25) is 5.02 Å². The molecule has 33 heavy (non-hydrogen) atoms. The molecule has 3 aromatic rings. The van der Waals surface area contributed by atoms with E-state index in [9.17, 15) is 0 Å². The Bertz CT molecular complexity index is 1240. The van der Waals surface area contributed by atoms with Crippen molar-refractivity contribution in [3.63, 3.8) is 0 Å². The molecule has 4 heteroatoms. The van der Waals surface area contributed by atoms with Crippen molar-refractivity contribution in [2.24, 2.45) is 0 Å². The Morgan fingerprint density at radius 3 is 2.61 bits per heavy atom. The predicted octanol–water partition coefficient (Wildman–Crippen LogP) is 6.86. The summed E-state index contributed by atoms with van der Waals surface area (Å²) in [6, 6.07) is 15.2. The fraction of sp³-hybridized carbons (Fsp3) is 0.276. The lowest BCUT2D eigenvalue weighted by molar-refractivity contribution is 0.318. The van der Waals surface area contributed by atoms with Gasteiger partial charge in [-0.25, -0.2) is 4.98 Å². The van der Waals surface area contributed by atoms with Crippen LogP contribution < -0.4 is 4.90 Å². The van der Waals surface area contributed by atoms with E-state index in [1.54, 1.807) is 0 Å². The molecule has 168 valence electrons. The van der Waals surface area contributed by atoms with Gasteiger partial charge in [0.2, 0.25) is 0 Å². The summed E-state index contributed by atoms with van der Waals surface area (Å²) in [5.74, 6) is 1.00. The van der Waals surface area contributed by atoms with E-state index in [0.29, 0.717) is 0 Å². The summed E-state index contributed by atoms with van der Waals surface area (Å²) in [5, 5.41) is 0.757. The second kappa shape index (κ2) is 8.72. The Kier molecular flexibility index (Phi) is 5.76. The number of halogens is 1. The smallest absolute Gasteiger partial charge is 0.136 e. The number of hydrogen-bond donors (Lipinski definition) is 0. The van der Waals surface area contributed by atoms with Crippen molar-refractivity contribution in [1.29, 1.82) is 0 Å². The normalized spacial score (nSPS) is 15.3. The highest BCUT2D eigenvalue weighted by Gasteiger charge is 2.25. The van der Waals surface area contributed by atoms with Crippen molar-refractivity contribution in [3.05, 3.63) is 106 Å². The molecule has 0 spiro atoms. The van der Waals surface area contributed by atoms with Gasteiger partial charge in [-0.1, -0.05) is 54.6 Å². The third-order valence-electron chi connectivity index (χ3n) is 6.80. The van der Waals surface area contributed by atoms with E-state index in [2.05, 4.69) is 67.1 Å². The van der Waals surface area contributed by atoms with Crippen LogP contribution >= 0.6 is 11.6 Å². The van der Waals surface area contributed by atoms with E-state index < -0.39 is 0 Å². The van der Waals surface area contributed by atoms with Gasteiger partial charge in [-0.3, -0.25) is 0 Å².